The second kappa shape index (κ2) is 7.65. The molecule has 0 spiro atoms. The van der Waals surface area contributed by atoms with E-state index in [1.54, 1.807) is 7.05 Å². The molecule has 1 rings (SSSR count). The van der Waals surface area contributed by atoms with Crippen molar-refractivity contribution in [1.82, 2.24) is 15.0 Å². The van der Waals surface area contributed by atoms with Crippen LogP contribution in [0, 0.1) is 0 Å². The molecular formula is C11H21N5O2. The van der Waals surface area contributed by atoms with Gasteiger partial charge in [-0.2, -0.15) is 15.0 Å². The van der Waals surface area contributed by atoms with Gasteiger partial charge in [0.25, 0.3) is 0 Å². The molecule has 102 valence electrons. The lowest BCUT2D eigenvalue weighted by atomic mass is 10.4. The van der Waals surface area contributed by atoms with Crippen LogP contribution in [0.3, 0.4) is 0 Å². The molecule has 0 aliphatic carbocycles. The third-order valence-electron chi connectivity index (χ3n) is 2.06. The largest absolute Gasteiger partial charge is 0.464 e. The van der Waals surface area contributed by atoms with Crippen LogP contribution in [-0.2, 0) is 4.74 Å². The molecule has 0 fully saturated rings. The normalized spacial score (nSPS) is 12.0. The van der Waals surface area contributed by atoms with Gasteiger partial charge in [-0.3, -0.25) is 0 Å². The maximum absolute atomic E-state index is 5.32. The number of hydrogen-bond acceptors (Lipinski definition) is 7. The fraction of sp³-hybridized carbons (Fsp3) is 0.727. The molecule has 0 aromatic carbocycles. The van der Waals surface area contributed by atoms with Gasteiger partial charge in [-0.1, -0.05) is 0 Å². The maximum Gasteiger partial charge on any atom is 0.323 e. The Kier molecular flexibility index (Phi) is 6.13. The van der Waals surface area contributed by atoms with E-state index in [0.717, 1.165) is 0 Å². The van der Waals surface area contributed by atoms with Gasteiger partial charge in [-0.15, -0.1) is 0 Å². The van der Waals surface area contributed by atoms with Crippen molar-refractivity contribution in [2.24, 2.45) is 0 Å². The number of nitrogens with one attached hydrogen (secondary N) is 2. The molecule has 1 unspecified atom stereocenters. The van der Waals surface area contributed by atoms with Crippen LogP contribution in [0.2, 0.25) is 0 Å². The summed E-state index contributed by atoms with van der Waals surface area (Å²) in [7, 11) is 1.75. The van der Waals surface area contributed by atoms with Gasteiger partial charge in [0.15, 0.2) is 0 Å². The average molecular weight is 255 g/mol. The summed E-state index contributed by atoms with van der Waals surface area (Å²) in [6.45, 7) is 7.64. The number of hydrogen-bond donors (Lipinski definition) is 2. The van der Waals surface area contributed by atoms with E-state index >= 15 is 0 Å². The fourth-order valence-electron chi connectivity index (χ4n) is 1.28. The Morgan fingerprint density at radius 2 is 1.83 bits per heavy atom. The Morgan fingerprint density at radius 3 is 2.44 bits per heavy atom. The Hall–Kier alpha value is -1.63. The smallest absolute Gasteiger partial charge is 0.323 e. The highest BCUT2D eigenvalue weighted by molar-refractivity contribution is 5.35. The van der Waals surface area contributed by atoms with Gasteiger partial charge in [0.2, 0.25) is 11.9 Å². The van der Waals surface area contributed by atoms with Crippen molar-refractivity contribution in [2.45, 2.75) is 26.8 Å². The van der Waals surface area contributed by atoms with Gasteiger partial charge in [-0.05, 0) is 20.8 Å². The van der Waals surface area contributed by atoms with Crippen molar-refractivity contribution >= 4 is 11.9 Å². The molecule has 2 N–H and O–H groups in total. The Bertz CT molecular complexity index is 361. The lowest BCUT2D eigenvalue weighted by Crippen LogP contribution is -2.23. The fourth-order valence-corrected chi connectivity index (χ4v) is 1.28. The molecule has 1 aromatic rings. The number of anilines is 2. The first kappa shape index (κ1) is 14.4. The van der Waals surface area contributed by atoms with E-state index in [1.165, 1.54) is 0 Å². The molecule has 1 heterocycles. The first-order valence-electron chi connectivity index (χ1n) is 6.10. The van der Waals surface area contributed by atoms with E-state index in [4.69, 9.17) is 9.47 Å². The highest BCUT2D eigenvalue weighted by Gasteiger charge is 2.09. The molecule has 1 atom stereocenters. The molecule has 1 aromatic heterocycles. The Morgan fingerprint density at radius 1 is 1.11 bits per heavy atom. The van der Waals surface area contributed by atoms with Crippen LogP contribution in [0.5, 0.6) is 6.01 Å². The van der Waals surface area contributed by atoms with Crippen LogP contribution in [0.15, 0.2) is 0 Å². The monoisotopic (exact) mass is 255 g/mol. The molecular weight excluding hydrogens is 234 g/mol. The van der Waals surface area contributed by atoms with Crippen molar-refractivity contribution in [1.29, 1.82) is 0 Å². The van der Waals surface area contributed by atoms with Gasteiger partial charge in [0.05, 0.1) is 13.2 Å². The number of nitrogens with zero attached hydrogens (tertiary/aromatic N) is 3. The van der Waals surface area contributed by atoms with Crippen LogP contribution >= 0.6 is 0 Å². The minimum Gasteiger partial charge on any atom is -0.464 e. The zero-order chi connectivity index (χ0) is 13.4. The van der Waals surface area contributed by atoms with Gasteiger partial charge < -0.3 is 20.1 Å². The topological polar surface area (TPSA) is 81.2 Å². The maximum atomic E-state index is 5.32. The van der Waals surface area contributed by atoms with Crippen LogP contribution in [-0.4, -0.2) is 47.9 Å². The second-order valence-corrected chi connectivity index (χ2v) is 3.65. The summed E-state index contributed by atoms with van der Waals surface area (Å²) in [6.07, 6.45) is 0. The van der Waals surface area contributed by atoms with Crippen LogP contribution in [0.4, 0.5) is 11.9 Å². The van der Waals surface area contributed by atoms with E-state index in [-0.39, 0.29) is 6.04 Å². The summed E-state index contributed by atoms with van der Waals surface area (Å²) in [6, 6.07) is 0.425. The van der Waals surface area contributed by atoms with Gasteiger partial charge >= 0.3 is 6.01 Å². The van der Waals surface area contributed by atoms with E-state index in [2.05, 4.69) is 25.6 Å². The van der Waals surface area contributed by atoms with Crippen LogP contribution in [0.25, 0.3) is 0 Å². The third kappa shape index (κ3) is 4.70. The second-order valence-electron chi connectivity index (χ2n) is 3.65. The summed E-state index contributed by atoms with van der Waals surface area (Å²) in [5.41, 5.74) is 0. The summed E-state index contributed by atoms with van der Waals surface area (Å²) >= 11 is 0. The lowest BCUT2D eigenvalue weighted by molar-refractivity contribution is 0.141. The summed E-state index contributed by atoms with van der Waals surface area (Å²) in [4.78, 5) is 12.5. The highest BCUT2D eigenvalue weighted by atomic mass is 16.5. The number of ether oxygens (including phenoxy) is 2. The van der Waals surface area contributed by atoms with E-state index < -0.39 is 0 Å². The lowest BCUT2D eigenvalue weighted by Gasteiger charge is -2.14. The van der Waals surface area contributed by atoms with Crippen molar-refractivity contribution in [3.8, 4) is 6.01 Å². The van der Waals surface area contributed by atoms with Crippen LogP contribution in [0.1, 0.15) is 20.8 Å². The Labute approximate surface area is 107 Å². The molecule has 0 saturated carbocycles. The molecule has 7 nitrogen and oxygen atoms in total. The molecule has 0 saturated heterocycles. The summed E-state index contributed by atoms with van der Waals surface area (Å²) in [5, 5.41) is 6.01. The molecule has 18 heavy (non-hydrogen) atoms. The molecule has 0 aliphatic rings. The van der Waals surface area contributed by atoms with Crippen molar-refractivity contribution in [3.05, 3.63) is 0 Å². The molecule has 0 radical (unpaired) electrons. The van der Waals surface area contributed by atoms with Gasteiger partial charge in [0.1, 0.15) is 0 Å². The predicted octanol–water partition coefficient (Wildman–Crippen LogP) is 1.15. The van der Waals surface area contributed by atoms with Crippen LogP contribution < -0.4 is 15.4 Å². The van der Waals surface area contributed by atoms with Crippen molar-refractivity contribution < 1.29 is 9.47 Å². The van der Waals surface area contributed by atoms with E-state index in [0.29, 0.717) is 37.7 Å². The molecule has 7 heteroatoms. The van der Waals surface area contributed by atoms with Gasteiger partial charge in [-0.25, -0.2) is 0 Å². The average Bonchev–Trinajstić information content (AvgIpc) is 2.36. The third-order valence-corrected chi connectivity index (χ3v) is 2.06. The summed E-state index contributed by atoms with van der Waals surface area (Å²) < 4.78 is 10.6. The molecule has 0 amide bonds. The minimum atomic E-state index is 0.117. The molecule has 0 aliphatic heterocycles. The predicted molar refractivity (Wildman–Crippen MR) is 70.1 cm³/mol. The van der Waals surface area contributed by atoms with E-state index in [1.807, 2.05) is 20.8 Å². The quantitative estimate of drug-likeness (QED) is 0.721. The Balaban J connectivity index is 2.71. The minimum absolute atomic E-state index is 0.117. The first-order chi connectivity index (χ1) is 8.69. The molecule has 0 bridgehead atoms. The SMILES string of the molecule is CCOCC(C)Nc1nc(NC)nc(OCC)n1. The van der Waals surface area contributed by atoms with Gasteiger partial charge in [0, 0.05) is 19.7 Å². The zero-order valence-corrected chi connectivity index (χ0v) is 11.4. The standard InChI is InChI=1S/C11H21N5O2/c1-5-17-7-8(3)13-10-14-9(12-4)15-11(16-10)18-6-2/h8H,5-7H2,1-4H3,(H2,12,13,14,15,16). The first-order valence-corrected chi connectivity index (χ1v) is 6.10. The van der Waals surface area contributed by atoms with E-state index in [9.17, 15) is 0 Å². The zero-order valence-electron chi connectivity index (χ0n) is 11.4. The van der Waals surface area contributed by atoms with Crippen molar-refractivity contribution in [3.63, 3.8) is 0 Å². The van der Waals surface area contributed by atoms with Crippen molar-refractivity contribution in [2.75, 3.05) is 37.5 Å². The summed E-state index contributed by atoms with van der Waals surface area (Å²) in [5.74, 6) is 0.949. The highest BCUT2D eigenvalue weighted by Crippen LogP contribution is 2.11. The number of rotatable bonds is 8. The number of aromatic nitrogens is 3.